The lowest BCUT2D eigenvalue weighted by atomic mass is 9.55. The molecule has 7 aromatic carbocycles. The van der Waals surface area contributed by atoms with E-state index in [-0.39, 0.29) is 50.1 Å². The van der Waals surface area contributed by atoms with Crippen LogP contribution in [-0.4, -0.2) is 199 Å². The van der Waals surface area contributed by atoms with Gasteiger partial charge >= 0.3 is 0 Å². The van der Waals surface area contributed by atoms with Crippen LogP contribution in [0.3, 0.4) is 0 Å². The highest BCUT2D eigenvalue weighted by atomic mass is 16.6. The molecule has 4 bridgehead atoms. The SMILES string of the molecule is COCCOc1c2c(c(OCCOC)c3c1[C@@H]1c4ccccc4[C@H]3c3cc4c(cc31)OCCOCCOCCOc1ccccc1OCCOCCOCCO4)[C@H]1c3ccccc3[C@@H]2c2cc3c(cc21)OCCOCCOCCOc1ccccc1OCCOCCOCCO3. The summed E-state index contributed by atoms with van der Waals surface area (Å²) in [6.45, 7) is 9.60. The van der Waals surface area contributed by atoms with Crippen molar-refractivity contribution < 1.29 is 94.7 Å². The lowest BCUT2D eigenvalue weighted by Crippen LogP contribution is -2.34. The van der Waals surface area contributed by atoms with Crippen LogP contribution in [0.1, 0.15) is 90.4 Å². The molecule has 96 heavy (non-hydrogen) atoms. The summed E-state index contributed by atoms with van der Waals surface area (Å²) in [5.74, 6) is 5.26. The van der Waals surface area contributed by atoms with Crippen LogP contribution in [0.15, 0.2) is 121 Å². The molecule has 7 aromatic rings. The Morgan fingerprint density at radius 1 is 0.240 bits per heavy atom. The molecule has 20 heteroatoms. The van der Waals surface area contributed by atoms with Gasteiger partial charge in [-0.1, -0.05) is 72.8 Å². The van der Waals surface area contributed by atoms with Crippen molar-refractivity contribution >= 4 is 0 Å². The summed E-state index contributed by atoms with van der Waals surface area (Å²) in [5, 5.41) is 0. The van der Waals surface area contributed by atoms with Crippen molar-refractivity contribution in [3.05, 3.63) is 188 Å². The van der Waals surface area contributed by atoms with E-state index < -0.39 is 0 Å². The second kappa shape index (κ2) is 33.9. The molecule has 0 aromatic heterocycles. The quantitative estimate of drug-likeness (QED) is 0.131. The van der Waals surface area contributed by atoms with Crippen LogP contribution in [-0.2, 0) is 47.4 Å². The zero-order valence-corrected chi connectivity index (χ0v) is 54.8. The van der Waals surface area contributed by atoms with Crippen molar-refractivity contribution in [2.75, 3.05) is 199 Å². The van der Waals surface area contributed by atoms with E-state index >= 15 is 0 Å². The molecule has 15 rings (SSSR count). The van der Waals surface area contributed by atoms with Gasteiger partial charge in [0.25, 0.3) is 0 Å². The first-order valence-electron chi connectivity index (χ1n) is 33.5. The van der Waals surface area contributed by atoms with Gasteiger partial charge < -0.3 is 94.7 Å². The van der Waals surface area contributed by atoms with Gasteiger partial charge in [0.15, 0.2) is 46.0 Å². The Morgan fingerprint density at radius 3 is 0.656 bits per heavy atom. The van der Waals surface area contributed by atoms with Gasteiger partial charge in [-0.05, 0) is 93.0 Å². The number of methoxy groups -OCH3 is 2. The van der Waals surface area contributed by atoms with Crippen molar-refractivity contribution in [3.8, 4) is 57.5 Å². The van der Waals surface area contributed by atoms with Crippen LogP contribution in [0.25, 0.3) is 0 Å². The molecular weight excluding hydrogens is 1230 g/mol. The molecule has 6 aliphatic carbocycles. The summed E-state index contributed by atoms with van der Waals surface area (Å²) in [4.78, 5) is 0. The van der Waals surface area contributed by atoms with Crippen LogP contribution < -0.4 is 47.4 Å². The zero-order valence-electron chi connectivity index (χ0n) is 54.8. The fourth-order valence-corrected chi connectivity index (χ4v) is 13.7. The molecule has 0 saturated carbocycles. The summed E-state index contributed by atoms with van der Waals surface area (Å²) < 4.78 is 125. The van der Waals surface area contributed by atoms with Crippen molar-refractivity contribution in [1.82, 2.24) is 0 Å². The van der Waals surface area contributed by atoms with Gasteiger partial charge in [-0.3, -0.25) is 0 Å². The number of rotatable bonds is 8. The minimum absolute atomic E-state index is 0.259. The van der Waals surface area contributed by atoms with E-state index in [9.17, 15) is 0 Å². The third-order valence-electron chi connectivity index (χ3n) is 17.6. The molecule has 0 radical (unpaired) electrons. The lowest BCUT2D eigenvalue weighted by Gasteiger charge is -2.49. The highest BCUT2D eigenvalue weighted by Gasteiger charge is 2.53. The molecule has 2 aliphatic heterocycles. The molecule has 8 aliphatic rings. The van der Waals surface area contributed by atoms with Gasteiger partial charge in [0.1, 0.15) is 77.6 Å². The Labute approximate surface area is 560 Å². The van der Waals surface area contributed by atoms with E-state index in [2.05, 4.69) is 72.8 Å². The maximum Gasteiger partial charge on any atom is 0.161 e. The maximum absolute atomic E-state index is 7.38. The van der Waals surface area contributed by atoms with Crippen molar-refractivity contribution in [2.45, 2.75) is 23.7 Å². The van der Waals surface area contributed by atoms with Gasteiger partial charge in [-0.2, -0.15) is 0 Å². The van der Waals surface area contributed by atoms with Gasteiger partial charge in [-0.25, -0.2) is 0 Å². The highest BCUT2D eigenvalue weighted by molar-refractivity contribution is 5.83. The molecule has 0 amide bonds. The topological polar surface area (TPSA) is 185 Å². The molecule has 0 fully saturated rings. The minimum atomic E-state index is -0.324. The third kappa shape index (κ3) is 15.3. The summed E-state index contributed by atoms with van der Waals surface area (Å²) in [6.07, 6.45) is 0. The number of benzene rings is 7. The highest BCUT2D eigenvalue weighted by Crippen LogP contribution is 2.69. The fourth-order valence-electron chi connectivity index (χ4n) is 13.7. The first-order valence-corrected chi connectivity index (χ1v) is 33.5. The van der Waals surface area contributed by atoms with Crippen LogP contribution in [0.2, 0.25) is 0 Å². The number of para-hydroxylation sites is 4. The van der Waals surface area contributed by atoms with Gasteiger partial charge in [0.05, 0.1) is 119 Å². The second-order valence-electron chi connectivity index (χ2n) is 23.4. The number of fused-ring (bicyclic) bond motifs is 4. The van der Waals surface area contributed by atoms with Crippen molar-refractivity contribution in [3.63, 3.8) is 0 Å². The minimum Gasteiger partial charge on any atom is -0.491 e. The Bertz CT molecular complexity index is 3210. The lowest BCUT2D eigenvalue weighted by molar-refractivity contribution is 0.0223. The van der Waals surface area contributed by atoms with Crippen LogP contribution in [0.4, 0.5) is 0 Å². The summed E-state index contributed by atoms with van der Waals surface area (Å²) >= 11 is 0. The molecule has 4 atom stereocenters. The van der Waals surface area contributed by atoms with Crippen molar-refractivity contribution in [2.24, 2.45) is 0 Å². The van der Waals surface area contributed by atoms with E-state index in [1.54, 1.807) is 14.2 Å². The molecule has 0 unspecified atom stereocenters. The first-order chi connectivity index (χ1) is 47.7. The molecule has 510 valence electrons. The Balaban J connectivity index is 0.844. The average molecular weight is 1320 g/mol. The molecule has 0 saturated heterocycles. The number of hydrogen-bond donors (Lipinski definition) is 0. The molecular formula is C76H86O20. The maximum atomic E-state index is 7.38. The van der Waals surface area contributed by atoms with Crippen molar-refractivity contribution in [1.29, 1.82) is 0 Å². The van der Waals surface area contributed by atoms with E-state index in [0.717, 1.165) is 56.0 Å². The summed E-state index contributed by atoms with van der Waals surface area (Å²) in [7, 11) is 3.41. The largest absolute Gasteiger partial charge is 0.491 e. The monoisotopic (exact) mass is 1320 g/mol. The Kier molecular flexibility index (Phi) is 23.6. The molecule has 0 spiro atoms. The van der Waals surface area contributed by atoms with Gasteiger partial charge in [-0.15, -0.1) is 0 Å². The Morgan fingerprint density at radius 2 is 0.438 bits per heavy atom. The van der Waals surface area contributed by atoms with E-state index in [4.69, 9.17) is 94.7 Å². The van der Waals surface area contributed by atoms with Crippen LogP contribution in [0, 0.1) is 0 Å². The number of ether oxygens (including phenoxy) is 20. The predicted molar refractivity (Wildman–Crippen MR) is 354 cm³/mol. The first kappa shape index (κ1) is 66.7. The zero-order chi connectivity index (χ0) is 65.1. The Hall–Kier alpha value is -7.86. The predicted octanol–water partition coefficient (Wildman–Crippen LogP) is 10.3. The number of hydrogen-bond acceptors (Lipinski definition) is 20. The third-order valence-corrected chi connectivity index (χ3v) is 17.6. The summed E-state index contributed by atoms with van der Waals surface area (Å²) in [6, 6.07) is 41.3. The summed E-state index contributed by atoms with van der Waals surface area (Å²) in [5.41, 5.74) is 13.2. The van der Waals surface area contributed by atoms with E-state index in [0.29, 0.717) is 205 Å². The normalized spacial score (nSPS) is 20.6. The molecule has 0 N–H and O–H groups in total. The average Bonchev–Trinajstić information content (AvgIpc) is 0.667. The van der Waals surface area contributed by atoms with Gasteiger partial charge in [0.2, 0.25) is 0 Å². The fraction of sp³-hybridized carbons (Fsp3) is 0.447. The van der Waals surface area contributed by atoms with Crippen LogP contribution >= 0.6 is 0 Å². The molecule has 2 heterocycles. The molecule has 20 nitrogen and oxygen atoms in total. The smallest absolute Gasteiger partial charge is 0.161 e. The van der Waals surface area contributed by atoms with E-state index in [1.807, 2.05) is 48.5 Å². The van der Waals surface area contributed by atoms with Crippen LogP contribution in [0.5, 0.6) is 57.5 Å². The second-order valence-corrected chi connectivity index (χ2v) is 23.4. The standard InChI is InChI=1S/C76H86O20/c1-77-19-37-95-75-71-67-51-11-3-5-13-53(51)69(57-49-65-63(47-55(57)67)91-43-33-83-25-21-79-29-39-87-59-15-7-9-17-61(59)89-41-31-81-23-27-85-35-45-93-65)73(71)76(96-38-20-78-2)74-70-54-14-6-4-12-52(54)68(72(74)75)56-48-64-66(50-58(56)70)94-46-36-86-28-24-82-32-42-90-62-18-10-8-16-60(62)88-40-30-80-22-26-84-34-44-92-64/h3-18,47-50,67-70H,19-46H2,1-2H3/t67-,68-,69+,70+. The van der Waals surface area contributed by atoms with Gasteiger partial charge in [0, 0.05) is 60.1 Å². The van der Waals surface area contributed by atoms with E-state index in [1.165, 1.54) is 22.3 Å².